The van der Waals surface area contributed by atoms with Crippen molar-refractivity contribution in [2.24, 2.45) is 7.05 Å². The molecular weight excluding hydrogens is 388 g/mol. The molecule has 1 aromatic carbocycles. The maximum absolute atomic E-state index is 12.3. The second-order valence-corrected chi connectivity index (χ2v) is 6.05. The van der Waals surface area contributed by atoms with Crippen LogP contribution in [0.4, 0.5) is 5.69 Å². The van der Waals surface area contributed by atoms with Gasteiger partial charge in [0, 0.05) is 49.0 Å². The number of hydrogen-bond donors (Lipinski definition) is 1. The standard InChI is InChI=1S/C17H13BrN4O3/c1-22-6-5-11(7-15(22)23)16(24)21-13-3-2-4-14(8-13)25-17-19-9-12(18)10-20-17/h2-10H,1H3,(H,21,24). The van der Waals surface area contributed by atoms with E-state index >= 15 is 0 Å². The van der Waals surface area contributed by atoms with E-state index in [-0.39, 0.29) is 23.0 Å². The first-order valence-electron chi connectivity index (χ1n) is 7.25. The molecule has 0 bridgehead atoms. The monoisotopic (exact) mass is 400 g/mol. The Morgan fingerprint density at radius 3 is 2.68 bits per heavy atom. The number of rotatable bonds is 4. The minimum absolute atomic E-state index is 0.193. The van der Waals surface area contributed by atoms with Gasteiger partial charge in [0.05, 0.1) is 4.47 Å². The van der Waals surface area contributed by atoms with Gasteiger partial charge in [0.2, 0.25) is 0 Å². The van der Waals surface area contributed by atoms with Gasteiger partial charge in [0.1, 0.15) is 5.75 Å². The molecular formula is C17H13BrN4O3. The van der Waals surface area contributed by atoms with Crippen molar-refractivity contribution in [3.63, 3.8) is 0 Å². The van der Waals surface area contributed by atoms with Crippen LogP contribution in [0.5, 0.6) is 11.8 Å². The number of benzene rings is 1. The Bertz CT molecular complexity index is 970. The fourth-order valence-electron chi connectivity index (χ4n) is 1.99. The number of anilines is 1. The minimum Gasteiger partial charge on any atom is -0.424 e. The van der Waals surface area contributed by atoms with Crippen molar-refractivity contribution in [2.75, 3.05) is 5.32 Å². The number of hydrogen-bond acceptors (Lipinski definition) is 5. The third-order valence-corrected chi connectivity index (χ3v) is 3.67. The molecule has 0 spiro atoms. The van der Waals surface area contributed by atoms with Crippen LogP contribution in [0.15, 0.2) is 64.3 Å². The first-order chi connectivity index (χ1) is 12.0. The molecule has 0 fully saturated rings. The van der Waals surface area contributed by atoms with Crippen LogP contribution >= 0.6 is 15.9 Å². The molecule has 0 aliphatic carbocycles. The van der Waals surface area contributed by atoms with Crippen molar-refractivity contribution in [2.45, 2.75) is 0 Å². The SMILES string of the molecule is Cn1ccc(C(=O)Nc2cccc(Oc3ncc(Br)cn3)c2)cc1=O. The molecule has 0 aliphatic heterocycles. The summed E-state index contributed by atoms with van der Waals surface area (Å²) < 4.78 is 7.69. The Balaban J connectivity index is 1.74. The number of aryl methyl sites for hydroxylation is 1. The van der Waals surface area contributed by atoms with E-state index in [1.807, 2.05) is 0 Å². The zero-order chi connectivity index (χ0) is 17.8. The Kier molecular flexibility index (Phi) is 4.90. The van der Waals surface area contributed by atoms with Crippen molar-refractivity contribution in [1.82, 2.24) is 14.5 Å². The summed E-state index contributed by atoms with van der Waals surface area (Å²) >= 11 is 3.25. The molecule has 2 aromatic heterocycles. The van der Waals surface area contributed by atoms with Crippen LogP contribution in [0, 0.1) is 0 Å². The van der Waals surface area contributed by atoms with E-state index in [9.17, 15) is 9.59 Å². The molecule has 0 unspecified atom stereocenters. The summed E-state index contributed by atoms with van der Waals surface area (Å²) in [5.41, 5.74) is 0.558. The third-order valence-electron chi connectivity index (χ3n) is 3.26. The summed E-state index contributed by atoms with van der Waals surface area (Å²) in [6, 6.07) is 9.86. The molecule has 1 amide bonds. The second kappa shape index (κ2) is 7.27. The largest absolute Gasteiger partial charge is 0.424 e. The number of pyridine rings is 1. The number of amides is 1. The van der Waals surface area contributed by atoms with E-state index in [1.54, 1.807) is 56.0 Å². The number of ether oxygens (including phenoxy) is 1. The van der Waals surface area contributed by atoms with E-state index in [0.717, 1.165) is 4.47 Å². The van der Waals surface area contributed by atoms with Gasteiger partial charge in [-0.2, -0.15) is 0 Å². The van der Waals surface area contributed by atoms with Crippen LogP contribution in [-0.2, 0) is 7.05 Å². The van der Waals surface area contributed by atoms with Crippen molar-refractivity contribution in [3.05, 3.63) is 75.4 Å². The highest BCUT2D eigenvalue weighted by molar-refractivity contribution is 9.10. The first kappa shape index (κ1) is 16.8. The van der Waals surface area contributed by atoms with E-state index in [4.69, 9.17) is 4.74 Å². The number of halogens is 1. The molecule has 0 saturated heterocycles. The zero-order valence-corrected chi connectivity index (χ0v) is 14.7. The highest BCUT2D eigenvalue weighted by Gasteiger charge is 2.08. The predicted octanol–water partition coefficient (Wildman–Crippen LogP) is 2.98. The summed E-state index contributed by atoms with van der Waals surface area (Å²) in [5.74, 6) is 0.0961. The molecule has 0 saturated carbocycles. The van der Waals surface area contributed by atoms with Crippen molar-refractivity contribution in [1.29, 1.82) is 0 Å². The lowest BCUT2D eigenvalue weighted by atomic mass is 10.2. The first-order valence-corrected chi connectivity index (χ1v) is 8.04. The molecule has 7 nitrogen and oxygen atoms in total. The van der Waals surface area contributed by atoms with E-state index < -0.39 is 0 Å². The van der Waals surface area contributed by atoms with E-state index in [1.165, 1.54) is 10.6 Å². The second-order valence-electron chi connectivity index (χ2n) is 5.13. The fourth-order valence-corrected chi connectivity index (χ4v) is 2.19. The molecule has 0 aliphatic rings. The van der Waals surface area contributed by atoms with Gasteiger partial charge in [-0.25, -0.2) is 9.97 Å². The number of aromatic nitrogens is 3. The lowest BCUT2D eigenvalue weighted by molar-refractivity contribution is 0.102. The van der Waals surface area contributed by atoms with Crippen LogP contribution in [0.25, 0.3) is 0 Å². The Hall–Kier alpha value is -3.00. The summed E-state index contributed by atoms with van der Waals surface area (Å²) in [7, 11) is 1.62. The quantitative estimate of drug-likeness (QED) is 0.727. The average Bonchev–Trinajstić information content (AvgIpc) is 2.59. The van der Waals surface area contributed by atoms with Gasteiger partial charge >= 0.3 is 6.01 Å². The fraction of sp³-hybridized carbons (Fsp3) is 0.0588. The van der Waals surface area contributed by atoms with Crippen molar-refractivity contribution in [3.8, 4) is 11.8 Å². The molecule has 126 valence electrons. The van der Waals surface area contributed by atoms with Gasteiger partial charge in [-0.05, 0) is 34.1 Å². The number of carbonyl (C=O) groups excluding carboxylic acids is 1. The maximum Gasteiger partial charge on any atom is 0.321 e. The Labute approximate surface area is 151 Å². The Morgan fingerprint density at radius 1 is 1.20 bits per heavy atom. The predicted molar refractivity (Wildman–Crippen MR) is 95.9 cm³/mol. The number of nitrogens with one attached hydrogen (secondary N) is 1. The number of carbonyl (C=O) groups is 1. The van der Waals surface area contributed by atoms with Crippen molar-refractivity contribution >= 4 is 27.5 Å². The molecule has 0 radical (unpaired) electrons. The highest BCUT2D eigenvalue weighted by atomic mass is 79.9. The van der Waals surface area contributed by atoms with Crippen LogP contribution in [0.3, 0.4) is 0 Å². The molecule has 25 heavy (non-hydrogen) atoms. The molecule has 3 aromatic rings. The lowest BCUT2D eigenvalue weighted by Gasteiger charge is -2.08. The van der Waals surface area contributed by atoms with Crippen LogP contribution in [0.1, 0.15) is 10.4 Å². The third kappa shape index (κ3) is 4.30. The maximum atomic E-state index is 12.3. The summed E-state index contributed by atoms with van der Waals surface area (Å²) in [4.78, 5) is 31.9. The minimum atomic E-state index is -0.380. The topological polar surface area (TPSA) is 86.1 Å². The van der Waals surface area contributed by atoms with E-state index in [0.29, 0.717) is 11.4 Å². The molecule has 0 atom stereocenters. The normalized spacial score (nSPS) is 10.3. The highest BCUT2D eigenvalue weighted by Crippen LogP contribution is 2.22. The molecule has 2 heterocycles. The van der Waals surface area contributed by atoms with E-state index in [2.05, 4.69) is 31.2 Å². The van der Waals surface area contributed by atoms with Gasteiger partial charge < -0.3 is 14.6 Å². The van der Waals surface area contributed by atoms with Crippen LogP contribution < -0.4 is 15.6 Å². The van der Waals surface area contributed by atoms with Gasteiger partial charge in [-0.15, -0.1) is 0 Å². The van der Waals surface area contributed by atoms with Gasteiger partial charge in [-0.3, -0.25) is 9.59 Å². The summed E-state index contributed by atoms with van der Waals surface area (Å²) in [6.45, 7) is 0. The smallest absolute Gasteiger partial charge is 0.321 e. The van der Waals surface area contributed by atoms with Crippen LogP contribution in [0.2, 0.25) is 0 Å². The van der Waals surface area contributed by atoms with Crippen molar-refractivity contribution < 1.29 is 9.53 Å². The molecule has 3 rings (SSSR count). The zero-order valence-electron chi connectivity index (χ0n) is 13.1. The molecule has 1 N–H and O–H groups in total. The summed E-state index contributed by atoms with van der Waals surface area (Å²) in [5, 5.41) is 2.72. The summed E-state index contributed by atoms with van der Waals surface area (Å²) in [6.07, 6.45) is 4.69. The Morgan fingerprint density at radius 2 is 1.96 bits per heavy atom. The average molecular weight is 401 g/mol. The molecule has 8 heteroatoms. The van der Waals surface area contributed by atoms with Gasteiger partial charge in [0.15, 0.2) is 0 Å². The van der Waals surface area contributed by atoms with Gasteiger partial charge in [0.25, 0.3) is 11.5 Å². The van der Waals surface area contributed by atoms with Crippen LogP contribution in [-0.4, -0.2) is 20.4 Å². The van der Waals surface area contributed by atoms with Gasteiger partial charge in [-0.1, -0.05) is 6.07 Å². The number of nitrogens with zero attached hydrogens (tertiary/aromatic N) is 3. The lowest BCUT2D eigenvalue weighted by Crippen LogP contribution is -2.19.